The van der Waals surface area contributed by atoms with Gasteiger partial charge in [-0.25, -0.2) is 0 Å². The van der Waals surface area contributed by atoms with Gasteiger partial charge in [-0.15, -0.1) is 0 Å². The number of aryl methyl sites for hydroxylation is 1. The molecule has 13 rings (SSSR count). The number of hydrogen-bond acceptors (Lipinski definition) is 3. The van der Waals surface area contributed by atoms with Crippen LogP contribution in [0.3, 0.4) is 0 Å². The molecule has 0 spiro atoms. The third-order valence-corrected chi connectivity index (χ3v) is 14.9. The van der Waals surface area contributed by atoms with Crippen LogP contribution >= 0.6 is 0 Å². The van der Waals surface area contributed by atoms with Crippen LogP contribution in [0.4, 0.5) is 28.4 Å². The van der Waals surface area contributed by atoms with Crippen molar-refractivity contribution in [2.75, 3.05) is 9.71 Å². The zero-order chi connectivity index (χ0) is 43.1. The molecule has 0 fully saturated rings. The van der Waals surface area contributed by atoms with E-state index in [9.17, 15) is 0 Å². The molecule has 308 valence electrons. The van der Waals surface area contributed by atoms with Crippen molar-refractivity contribution in [3.05, 3.63) is 193 Å². The fraction of sp³-hybridized carbons (Fsp3) is 0.153. The van der Waals surface area contributed by atoms with Gasteiger partial charge in [-0.1, -0.05) is 131 Å². The first kappa shape index (κ1) is 37.3. The largest absolute Gasteiger partial charge is 0.456 e. The summed E-state index contributed by atoms with van der Waals surface area (Å²) in [5.74, 6) is 0.883. The Morgan fingerprint density at radius 3 is 1.98 bits per heavy atom. The molecule has 4 heterocycles. The summed E-state index contributed by atoms with van der Waals surface area (Å²) in [5, 5.41) is 3.70. The van der Waals surface area contributed by atoms with E-state index in [0.29, 0.717) is 0 Å². The van der Waals surface area contributed by atoms with Crippen molar-refractivity contribution in [2.24, 2.45) is 0 Å². The van der Waals surface area contributed by atoms with E-state index in [2.05, 4.69) is 225 Å². The first-order valence-corrected chi connectivity index (χ1v) is 22.8. The standard InChI is InChI=1S/C59H48BN3O/c1-37-31-46-45-34-42(61(40-19-11-7-12-20-40)41-21-13-8-14-22-41)26-28-51(45)63(43-25-27-47-48(35-43)59(4,5)30-29-58(47,2)3)60-49-32-39-33-53(38-17-9-6-10-18-38)64-54(39)36-52(49)62-50-24-16-15-23-44(50)55(37)57(62)56(46)60/h6-28,31-36H,29-30H2,1-5H3. The van der Waals surface area contributed by atoms with E-state index in [1.54, 1.807) is 0 Å². The Labute approximate surface area is 375 Å². The van der Waals surface area contributed by atoms with E-state index in [4.69, 9.17) is 4.42 Å². The van der Waals surface area contributed by atoms with Crippen molar-refractivity contribution in [3.8, 4) is 28.1 Å². The molecule has 3 aliphatic rings. The van der Waals surface area contributed by atoms with Crippen LogP contribution in [0.1, 0.15) is 57.2 Å². The Morgan fingerprint density at radius 2 is 1.25 bits per heavy atom. The van der Waals surface area contributed by atoms with Crippen molar-refractivity contribution in [2.45, 2.75) is 58.3 Å². The van der Waals surface area contributed by atoms with Crippen LogP contribution in [0.2, 0.25) is 0 Å². The summed E-state index contributed by atoms with van der Waals surface area (Å²) in [6.07, 6.45) is 2.33. The zero-order valence-electron chi connectivity index (χ0n) is 37.0. The summed E-state index contributed by atoms with van der Waals surface area (Å²) in [4.78, 5) is 5.08. The maximum atomic E-state index is 6.77. The van der Waals surface area contributed by atoms with Crippen LogP contribution in [0.5, 0.6) is 0 Å². The van der Waals surface area contributed by atoms with Crippen molar-refractivity contribution < 1.29 is 4.42 Å². The maximum Gasteiger partial charge on any atom is 0.333 e. The second kappa shape index (κ2) is 13.4. The number of furan rings is 1. The van der Waals surface area contributed by atoms with Crippen molar-refractivity contribution in [1.82, 2.24) is 4.57 Å². The zero-order valence-corrected chi connectivity index (χ0v) is 37.0. The minimum atomic E-state index is -0.111. The van der Waals surface area contributed by atoms with Gasteiger partial charge < -0.3 is 18.7 Å². The number of aromatic nitrogens is 1. The summed E-state index contributed by atoms with van der Waals surface area (Å²) >= 11 is 0. The highest BCUT2D eigenvalue weighted by Gasteiger charge is 2.46. The molecule has 5 heteroatoms. The molecule has 0 atom stereocenters. The lowest BCUT2D eigenvalue weighted by Crippen LogP contribution is -2.60. The van der Waals surface area contributed by atoms with E-state index in [-0.39, 0.29) is 17.7 Å². The van der Waals surface area contributed by atoms with Crippen molar-refractivity contribution in [3.63, 3.8) is 0 Å². The van der Waals surface area contributed by atoms with Crippen LogP contribution in [0.15, 0.2) is 180 Å². The third kappa shape index (κ3) is 5.30. The molecule has 10 aromatic rings. The van der Waals surface area contributed by atoms with E-state index < -0.39 is 0 Å². The summed E-state index contributed by atoms with van der Waals surface area (Å²) < 4.78 is 9.33. The Hall–Kier alpha value is -7.24. The van der Waals surface area contributed by atoms with E-state index in [1.165, 1.54) is 84.0 Å². The maximum absolute atomic E-state index is 6.77. The van der Waals surface area contributed by atoms with Gasteiger partial charge in [0, 0.05) is 67.5 Å². The van der Waals surface area contributed by atoms with Gasteiger partial charge >= 0.3 is 6.85 Å². The molecule has 2 aromatic heterocycles. The highest BCUT2D eigenvalue weighted by atomic mass is 16.3. The summed E-state index contributed by atoms with van der Waals surface area (Å²) in [5.41, 5.74) is 21.0. The summed E-state index contributed by atoms with van der Waals surface area (Å²) in [6, 6.07) is 65.1. The Bertz CT molecular complexity index is 3490. The number of benzene rings is 8. The van der Waals surface area contributed by atoms with Gasteiger partial charge in [0.25, 0.3) is 0 Å². The van der Waals surface area contributed by atoms with Crippen LogP contribution < -0.4 is 20.6 Å². The Kier molecular flexibility index (Phi) is 7.81. The lowest BCUT2D eigenvalue weighted by atomic mass is 9.43. The quantitative estimate of drug-likeness (QED) is 0.162. The molecule has 0 saturated carbocycles. The molecule has 0 bridgehead atoms. The van der Waals surface area contributed by atoms with Crippen LogP contribution in [0.25, 0.3) is 60.9 Å². The second-order valence-corrected chi connectivity index (χ2v) is 19.6. The molecule has 0 radical (unpaired) electrons. The minimum absolute atomic E-state index is 0.0468. The van der Waals surface area contributed by atoms with Gasteiger partial charge in [0.1, 0.15) is 11.3 Å². The SMILES string of the molecule is Cc1cc2c3c4c1c1ccccc1n4-c1cc4oc(-c5ccccc5)cc4cc1B3N(c1ccc3c(c1)C(C)(C)CCC3(C)C)c1ccc(N(c3ccccc3)c3ccccc3)cc1-2. The summed E-state index contributed by atoms with van der Waals surface area (Å²) in [7, 11) is 0. The topological polar surface area (TPSA) is 24.6 Å². The van der Waals surface area contributed by atoms with Crippen LogP contribution in [-0.2, 0) is 10.8 Å². The molecule has 64 heavy (non-hydrogen) atoms. The lowest BCUT2D eigenvalue weighted by molar-refractivity contribution is 0.332. The second-order valence-electron chi connectivity index (χ2n) is 19.6. The third-order valence-electron chi connectivity index (χ3n) is 14.9. The number of anilines is 5. The fourth-order valence-corrected chi connectivity index (χ4v) is 11.7. The normalized spacial score (nSPS) is 15.3. The number of hydrogen-bond donors (Lipinski definition) is 0. The van der Waals surface area contributed by atoms with Gasteiger partial charge in [0.2, 0.25) is 0 Å². The first-order valence-electron chi connectivity index (χ1n) is 22.8. The van der Waals surface area contributed by atoms with E-state index in [1.807, 2.05) is 0 Å². The fourth-order valence-electron chi connectivity index (χ4n) is 11.7. The average Bonchev–Trinajstić information content (AvgIpc) is 3.91. The van der Waals surface area contributed by atoms with Crippen LogP contribution in [-0.4, -0.2) is 11.4 Å². The van der Waals surface area contributed by atoms with Crippen molar-refractivity contribution in [1.29, 1.82) is 0 Å². The van der Waals surface area contributed by atoms with Crippen LogP contribution in [0, 0.1) is 6.92 Å². The lowest BCUT2D eigenvalue weighted by Gasteiger charge is -2.45. The molecule has 4 nitrogen and oxygen atoms in total. The van der Waals surface area contributed by atoms with Gasteiger partial charge in [-0.2, -0.15) is 0 Å². The number of fused-ring (bicyclic) bond motifs is 10. The molecule has 0 saturated heterocycles. The molecular weight excluding hydrogens is 777 g/mol. The van der Waals surface area contributed by atoms with Gasteiger partial charge in [0.15, 0.2) is 0 Å². The molecule has 0 unspecified atom stereocenters. The number of para-hydroxylation sites is 3. The molecule has 8 aromatic carbocycles. The summed E-state index contributed by atoms with van der Waals surface area (Å²) in [6.45, 7) is 11.9. The monoisotopic (exact) mass is 825 g/mol. The average molecular weight is 826 g/mol. The van der Waals surface area contributed by atoms with Gasteiger partial charge in [-0.3, -0.25) is 0 Å². The van der Waals surface area contributed by atoms with E-state index in [0.717, 1.165) is 45.8 Å². The smallest absolute Gasteiger partial charge is 0.333 e. The highest BCUT2D eigenvalue weighted by Crippen LogP contribution is 2.51. The Morgan fingerprint density at radius 1 is 0.578 bits per heavy atom. The molecule has 0 N–H and O–H groups in total. The minimum Gasteiger partial charge on any atom is -0.456 e. The first-order chi connectivity index (χ1) is 31.1. The molecule has 0 amide bonds. The number of nitrogens with zero attached hydrogens (tertiary/aromatic N) is 3. The predicted molar refractivity (Wildman–Crippen MR) is 270 cm³/mol. The number of rotatable bonds is 5. The van der Waals surface area contributed by atoms with Gasteiger partial charge in [0.05, 0.1) is 11.0 Å². The molecule has 2 aliphatic heterocycles. The molecule has 1 aliphatic carbocycles. The Balaban J connectivity index is 1.14. The highest BCUT2D eigenvalue weighted by molar-refractivity contribution is 6.94. The van der Waals surface area contributed by atoms with Gasteiger partial charge in [-0.05, 0) is 131 Å². The van der Waals surface area contributed by atoms with Crippen molar-refractivity contribution >= 4 is 79.0 Å². The predicted octanol–water partition coefficient (Wildman–Crippen LogP) is 14.6. The van der Waals surface area contributed by atoms with E-state index >= 15 is 0 Å². The molecular formula is C59H48BN3O.